The molecule has 2 aliphatic rings. The van der Waals surface area contributed by atoms with E-state index in [4.69, 9.17) is 0 Å². The lowest BCUT2D eigenvalue weighted by Crippen LogP contribution is -2.43. The molecule has 0 aromatic heterocycles. The minimum absolute atomic E-state index is 0.298. The van der Waals surface area contributed by atoms with Crippen LogP contribution in [0.15, 0.2) is 0 Å². The van der Waals surface area contributed by atoms with Crippen molar-refractivity contribution in [2.75, 3.05) is 32.7 Å². The minimum atomic E-state index is 0.298. The van der Waals surface area contributed by atoms with Crippen molar-refractivity contribution in [2.24, 2.45) is 5.92 Å². The molecular formula is C14H27N3O. The van der Waals surface area contributed by atoms with E-state index in [-0.39, 0.29) is 0 Å². The SMILES string of the molecule is CCCC1NCC(=O)N1CC1CCN(CC)CC1. The predicted molar refractivity (Wildman–Crippen MR) is 73.2 cm³/mol. The lowest BCUT2D eigenvalue weighted by atomic mass is 9.96. The van der Waals surface area contributed by atoms with E-state index >= 15 is 0 Å². The molecule has 1 amide bonds. The molecule has 0 saturated carbocycles. The quantitative estimate of drug-likeness (QED) is 0.801. The van der Waals surface area contributed by atoms with Gasteiger partial charge in [0.05, 0.1) is 12.7 Å². The summed E-state index contributed by atoms with van der Waals surface area (Å²) < 4.78 is 0. The Hall–Kier alpha value is -0.610. The highest BCUT2D eigenvalue weighted by Crippen LogP contribution is 2.21. The summed E-state index contributed by atoms with van der Waals surface area (Å²) >= 11 is 0. The van der Waals surface area contributed by atoms with Crippen molar-refractivity contribution in [3.63, 3.8) is 0 Å². The first kappa shape index (κ1) is 13.8. The molecule has 2 rings (SSSR count). The molecule has 1 unspecified atom stereocenters. The van der Waals surface area contributed by atoms with Gasteiger partial charge in [0.25, 0.3) is 0 Å². The van der Waals surface area contributed by atoms with Gasteiger partial charge < -0.3 is 9.80 Å². The van der Waals surface area contributed by atoms with E-state index in [1.165, 1.54) is 25.9 Å². The van der Waals surface area contributed by atoms with Gasteiger partial charge in [-0.15, -0.1) is 0 Å². The maximum Gasteiger partial charge on any atom is 0.237 e. The second-order valence-electron chi connectivity index (χ2n) is 5.61. The van der Waals surface area contributed by atoms with Crippen LogP contribution in [0.25, 0.3) is 0 Å². The number of piperidine rings is 1. The van der Waals surface area contributed by atoms with E-state index < -0.39 is 0 Å². The van der Waals surface area contributed by atoms with E-state index in [0.717, 1.165) is 25.9 Å². The molecule has 0 radical (unpaired) electrons. The van der Waals surface area contributed by atoms with Gasteiger partial charge in [0, 0.05) is 6.54 Å². The molecule has 1 N–H and O–H groups in total. The van der Waals surface area contributed by atoms with Gasteiger partial charge in [0.15, 0.2) is 0 Å². The van der Waals surface area contributed by atoms with Gasteiger partial charge in [-0.25, -0.2) is 0 Å². The molecule has 2 heterocycles. The zero-order chi connectivity index (χ0) is 13.0. The Morgan fingerprint density at radius 2 is 2.00 bits per heavy atom. The van der Waals surface area contributed by atoms with Gasteiger partial charge in [0.2, 0.25) is 5.91 Å². The van der Waals surface area contributed by atoms with E-state index in [0.29, 0.717) is 24.5 Å². The van der Waals surface area contributed by atoms with E-state index in [1.807, 2.05) is 0 Å². The predicted octanol–water partition coefficient (Wildman–Crippen LogP) is 1.28. The summed E-state index contributed by atoms with van der Waals surface area (Å²) in [6.07, 6.45) is 5.01. The van der Waals surface area contributed by atoms with Crippen molar-refractivity contribution >= 4 is 5.91 Å². The van der Waals surface area contributed by atoms with Crippen LogP contribution >= 0.6 is 0 Å². The van der Waals surface area contributed by atoms with Crippen molar-refractivity contribution in [3.05, 3.63) is 0 Å². The molecule has 2 aliphatic heterocycles. The summed E-state index contributed by atoms with van der Waals surface area (Å²) in [5.41, 5.74) is 0. The van der Waals surface area contributed by atoms with E-state index in [1.54, 1.807) is 0 Å². The van der Waals surface area contributed by atoms with Crippen LogP contribution in [-0.2, 0) is 4.79 Å². The minimum Gasteiger partial charge on any atom is -0.326 e. The summed E-state index contributed by atoms with van der Waals surface area (Å²) in [7, 11) is 0. The highest BCUT2D eigenvalue weighted by Gasteiger charge is 2.32. The molecule has 0 aliphatic carbocycles. The fourth-order valence-electron chi connectivity index (χ4n) is 3.11. The van der Waals surface area contributed by atoms with E-state index in [2.05, 4.69) is 29.0 Å². The third kappa shape index (κ3) is 3.23. The normalized spacial score (nSPS) is 27.1. The van der Waals surface area contributed by atoms with Gasteiger partial charge in [-0.2, -0.15) is 0 Å². The highest BCUT2D eigenvalue weighted by molar-refractivity contribution is 5.80. The Morgan fingerprint density at radius 1 is 1.28 bits per heavy atom. The largest absolute Gasteiger partial charge is 0.326 e. The van der Waals surface area contributed by atoms with Crippen LogP contribution in [0.5, 0.6) is 0 Å². The van der Waals surface area contributed by atoms with Crippen LogP contribution < -0.4 is 5.32 Å². The monoisotopic (exact) mass is 253 g/mol. The molecule has 18 heavy (non-hydrogen) atoms. The molecule has 0 aromatic carbocycles. The first-order valence-electron chi connectivity index (χ1n) is 7.49. The topological polar surface area (TPSA) is 35.6 Å². The first-order valence-corrected chi connectivity index (χ1v) is 7.49. The fraction of sp³-hybridized carbons (Fsp3) is 0.929. The number of likely N-dealkylation sites (tertiary alicyclic amines) is 1. The third-order valence-corrected chi connectivity index (χ3v) is 4.36. The van der Waals surface area contributed by atoms with Crippen LogP contribution in [0, 0.1) is 5.92 Å². The second kappa shape index (κ2) is 6.53. The molecule has 0 aromatic rings. The van der Waals surface area contributed by atoms with Crippen LogP contribution in [0.2, 0.25) is 0 Å². The summed E-state index contributed by atoms with van der Waals surface area (Å²) in [5, 5.41) is 3.33. The number of carbonyl (C=O) groups is 1. The summed E-state index contributed by atoms with van der Waals surface area (Å²) in [5.74, 6) is 1.00. The number of rotatable bonds is 5. The van der Waals surface area contributed by atoms with Gasteiger partial charge in [-0.1, -0.05) is 20.3 Å². The zero-order valence-electron chi connectivity index (χ0n) is 11.8. The molecule has 2 saturated heterocycles. The van der Waals surface area contributed by atoms with Crippen molar-refractivity contribution < 1.29 is 4.79 Å². The van der Waals surface area contributed by atoms with Crippen molar-refractivity contribution in [3.8, 4) is 0 Å². The maximum atomic E-state index is 11.9. The smallest absolute Gasteiger partial charge is 0.237 e. The number of hydrogen-bond donors (Lipinski definition) is 1. The average Bonchev–Trinajstić information content (AvgIpc) is 2.73. The fourth-order valence-corrected chi connectivity index (χ4v) is 3.11. The lowest BCUT2D eigenvalue weighted by molar-refractivity contribution is -0.128. The Labute approximate surface area is 111 Å². The summed E-state index contributed by atoms with van der Waals surface area (Å²) in [4.78, 5) is 16.5. The van der Waals surface area contributed by atoms with Gasteiger partial charge >= 0.3 is 0 Å². The molecule has 4 heteroatoms. The van der Waals surface area contributed by atoms with Crippen LogP contribution in [0.4, 0.5) is 0 Å². The van der Waals surface area contributed by atoms with Crippen molar-refractivity contribution in [1.82, 2.24) is 15.1 Å². The highest BCUT2D eigenvalue weighted by atomic mass is 16.2. The van der Waals surface area contributed by atoms with Crippen LogP contribution in [0.1, 0.15) is 39.5 Å². The average molecular weight is 253 g/mol. The van der Waals surface area contributed by atoms with E-state index in [9.17, 15) is 4.79 Å². The molecule has 0 bridgehead atoms. The Bertz CT molecular complexity index is 274. The Balaban J connectivity index is 1.82. The molecule has 2 fully saturated rings. The third-order valence-electron chi connectivity index (χ3n) is 4.36. The standard InChI is InChI=1S/C14H27N3O/c1-3-5-13-15-10-14(18)17(13)11-12-6-8-16(4-2)9-7-12/h12-13,15H,3-11H2,1-2H3. The van der Waals surface area contributed by atoms with Crippen molar-refractivity contribution in [1.29, 1.82) is 0 Å². The van der Waals surface area contributed by atoms with Crippen LogP contribution in [0.3, 0.4) is 0 Å². The zero-order valence-corrected chi connectivity index (χ0v) is 11.8. The van der Waals surface area contributed by atoms with Crippen molar-refractivity contribution in [2.45, 2.75) is 45.7 Å². The number of nitrogens with one attached hydrogen (secondary N) is 1. The van der Waals surface area contributed by atoms with Gasteiger partial charge in [-0.05, 0) is 44.8 Å². The summed E-state index contributed by atoms with van der Waals surface area (Å²) in [6, 6.07) is 0. The molecule has 0 spiro atoms. The number of carbonyl (C=O) groups excluding carboxylic acids is 1. The summed E-state index contributed by atoms with van der Waals surface area (Å²) in [6.45, 7) is 9.49. The molecule has 1 atom stereocenters. The molecule has 4 nitrogen and oxygen atoms in total. The Kier molecular flexibility index (Phi) is 5.01. The van der Waals surface area contributed by atoms with Gasteiger partial charge in [-0.3, -0.25) is 10.1 Å². The molecular weight excluding hydrogens is 226 g/mol. The number of hydrogen-bond acceptors (Lipinski definition) is 3. The number of amides is 1. The second-order valence-corrected chi connectivity index (χ2v) is 5.61. The maximum absolute atomic E-state index is 11.9. The Morgan fingerprint density at radius 3 is 2.61 bits per heavy atom. The first-order chi connectivity index (χ1) is 8.74. The number of nitrogens with zero attached hydrogens (tertiary/aromatic N) is 2. The lowest BCUT2D eigenvalue weighted by Gasteiger charge is -2.34. The van der Waals surface area contributed by atoms with Gasteiger partial charge in [0.1, 0.15) is 0 Å². The van der Waals surface area contributed by atoms with Crippen LogP contribution in [-0.4, -0.2) is 54.6 Å². The molecule has 104 valence electrons.